The molecule has 0 spiro atoms. The Labute approximate surface area is 126 Å². The van der Waals surface area contributed by atoms with Gasteiger partial charge in [0.2, 0.25) is 0 Å². The molecule has 1 saturated heterocycles. The SMILES string of the molecule is CCC(C(=O)O)N1C(=O)/C(=C\c2cccn2C)SC1=S. The first-order valence-corrected chi connectivity index (χ1v) is 7.29. The van der Waals surface area contributed by atoms with E-state index in [4.69, 9.17) is 17.3 Å². The second-order valence-corrected chi connectivity index (χ2v) is 6.03. The van der Waals surface area contributed by atoms with E-state index in [-0.39, 0.29) is 5.91 Å². The molecule has 1 aliphatic rings. The summed E-state index contributed by atoms with van der Waals surface area (Å²) in [6, 6.07) is 2.85. The number of carbonyl (C=O) groups is 2. The number of rotatable bonds is 4. The molecule has 5 nitrogen and oxygen atoms in total. The number of thiocarbonyl (C=S) groups is 1. The largest absolute Gasteiger partial charge is 0.480 e. The van der Waals surface area contributed by atoms with Crippen LogP contribution >= 0.6 is 24.0 Å². The van der Waals surface area contributed by atoms with E-state index < -0.39 is 12.0 Å². The highest BCUT2D eigenvalue weighted by Gasteiger charge is 2.39. The smallest absolute Gasteiger partial charge is 0.326 e. The number of hydrogen-bond donors (Lipinski definition) is 1. The molecule has 0 saturated carbocycles. The predicted octanol–water partition coefficient (Wildman–Crippen LogP) is 2.09. The second kappa shape index (κ2) is 5.80. The Morgan fingerprint density at radius 3 is 2.80 bits per heavy atom. The van der Waals surface area contributed by atoms with Gasteiger partial charge in [-0.05, 0) is 24.6 Å². The van der Waals surface area contributed by atoms with Crippen LogP contribution in [-0.4, -0.2) is 36.8 Å². The van der Waals surface area contributed by atoms with Crippen molar-refractivity contribution in [2.75, 3.05) is 0 Å². The molecule has 1 unspecified atom stereocenters. The van der Waals surface area contributed by atoms with Gasteiger partial charge in [-0.15, -0.1) is 0 Å². The number of amides is 1. The fraction of sp³-hybridized carbons (Fsp3) is 0.308. The Balaban J connectivity index is 2.32. The third kappa shape index (κ3) is 2.64. The fourth-order valence-corrected chi connectivity index (χ4v) is 3.32. The Hall–Kier alpha value is -1.60. The van der Waals surface area contributed by atoms with Crippen LogP contribution in [0.3, 0.4) is 0 Å². The van der Waals surface area contributed by atoms with Crippen LogP contribution in [-0.2, 0) is 16.6 Å². The monoisotopic (exact) mass is 310 g/mol. The molecular weight excluding hydrogens is 296 g/mol. The zero-order valence-electron chi connectivity index (χ0n) is 11.1. The maximum absolute atomic E-state index is 12.3. The van der Waals surface area contributed by atoms with E-state index in [1.807, 2.05) is 29.9 Å². The van der Waals surface area contributed by atoms with Gasteiger partial charge in [0.1, 0.15) is 10.4 Å². The number of carboxylic acids is 1. The van der Waals surface area contributed by atoms with E-state index in [9.17, 15) is 9.59 Å². The summed E-state index contributed by atoms with van der Waals surface area (Å²) in [6.45, 7) is 1.72. The Bertz CT molecular complexity index is 607. The van der Waals surface area contributed by atoms with Gasteiger partial charge in [-0.25, -0.2) is 4.79 Å². The molecule has 2 heterocycles. The highest BCUT2D eigenvalue weighted by atomic mass is 32.2. The number of aliphatic carboxylic acids is 1. The van der Waals surface area contributed by atoms with Crippen molar-refractivity contribution in [1.82, 2.24) is 9.47 Å². The quantitative estimate of drug-likeness (QED) is 0.681. The van der Waals surface area contributed by atoms with Crippen LogP contribution in [0.25, 0.3) is 6.08 Å². The number of carbonyl (C=O) groups excluding carboxylic acids is 1. The van der Waals surface area contributed by atoms with Crippen molar-refractivity contribution in [2.45, 2.75) is 19.4 Å². The first-order valence-electron chi connectivity index (χ1n) is 6.07. The van der Waals surface area contributed by atoms with Gasteiger partial charge < -0.3 is 9.67 Å². The third-order valence-corrected chi connectivity index (χ3v) is 4.40. The molecule has 1 amide bonds. The molecule has 1 atom stereocenters. The van der Waals surface area contributed by atoms with E-state index >= 15 is 0 Å². The lowest BCUT2D eigenvalue weighted by atomic mass is 10.2. The van der Waals surface area contributed by atoms with Gasteiger partial charge in [-0.2, -0.15) is 0 Å². The number of carboxylic acid groups (broad SMARTS) is 1. The zero-order chi connectivity index (χ0) is 14.9. The van der Waals surface area contributed by atoms with Gasteiger partial charge in [-0.1, -0.05) is 30.9 Å². The van der Waals surface area contributed by atoms with Crippen LogP contribution < -0.4 is 0 Å². The molecule has 0 aromatic carbocycles. The van der Waals surface area contributed by atoms with Gasteiger partial charge >= 0.3 is 5.97 Å². The summed E-state index contributed by atoms with van der Waals surface area (Å²) in [5.41, 5.74) is 0.869. The molecule has 0 aliphatic carbocycles. The third-order valence-electron chi connectivity index (χ3n) is 3.07. The molecule has 0 radical (unpaired) electrons. The van der Waals surface area contributed by atoms with Crippen molar-refractivity contribution in [3.63, 3.8) is 0 Å². The van der Waals surface area contributed by atoms with Gasteiger partial charge in [0, 0.05) is 18.9 Å². The average Bonchev–Trinajstić information content (AvgIpc) is 2.89. The number of nitrogens with zero attached hydrogens (tertiary/aromatic N) is 2. The lowest BCUT2D eigenvalue weighted by molar-refractivity contribution is -0.145. The van der Waals surface area contributed by atoms with Crippen molar-refractivity contribution in [3.8, 4) is 0 Å². The minimum Gasteiger partial charge on any atom is -0.480 e. The molecule has 1 aromatic rings. The molecule has 0 bridgehead atoms. The molecule has 1 aromatic heterocycles. The zero-order valence-corrected chi connectivity index (χ0v) is 12.7. The fourth-order valence-electron chi connectivity index (χ4n) is 1.97. The molecule has 2 rings (SSSR count). The standard InChI is InChI=1S/C13H14N2O3S2/c1-3-9(12(17)18)15-11(16)10(20-13(15)19)7-8-5-4-6-14(8)2/h4-7,9H,3H2,1-2H3,(H,17,18)/b10-7+. The lowest BCUT2D eigenvalue weighted by Gasteiger charge is -2.21. The minimum absolute atomic E-state index is 0.296. The average molecular weight is 310 g/mol. The summed E-state index contributed by atoms with van der Waals surface area (Å²) in [7, 11) is 1.87. The summed E-state index contributed by atoms with van der Waals surface area (Å²) in [5, 5.41) is 9.17. The highest BCUT2D eigenvalue weighted by Crippen LogP contribution is 2.34. The number of aryl methyl sites for hydroxylation is 1. The topological polar surface area (TPSA) is 62.5 Å². The molecule has 1 aliphatic heterocycles. The van der Waals surface area contributed by atoms with Gasteiger partial charge in [0.15, 0.2) is 0 Å². The van der Waals surface area contributed by atoms with Crippen LogP contribution in [0.4, 0.5) is 0 Å². The van der Waals surface area contributed by atoms with Crippen LogP contribution in [0, 0.1) is 0 Å². The second-order valence-electron chi connectivity index (χ2n) is 4.36. The maximum Gasteiger partial charge on any atom is 0.326 e. The summed E-state index contributed by atoms with van der Waals surface area (Å²) in [5.74, 6) is -1.38. The molecule has 1 fully saturated rings. The lowest BCUT2D eigenvalue weighted by Crippen LogP contribution is -2.43. The summed E-state index contributed by atoms with van der Waals surface area (Å²) in [4.78, 5) is 25.2. The molecule has 106 valence electrons. The maximum atomic E-state index is 12.3. The van der Waals surface area contributed by atoms with Crippen LogP contribution in [0.15, 0.2) is 23.2 Å². The number of aromatic nitrogens is 1. The summed E-state index contributed by atoms with van der Waals surface area (Å²) in [6.07, 6.45) is 3.92. The normalized spacial score (nSPS) is 18.9. The van der Waals surface area contributed by atoms with Gasteiger partial charge in [-0.3, -0.25) is 9.69 Å². The first-order chi connectivity index (χ1) is 9.45. The van der Waals surface area contributed by atoms with Crippen molar-refractivity contribution in [1.29, 1.82) is 0 Å². The van der Waals surface area contributed by atoms with E-state index in [1.54, 1.807) is 13.0 Å². The summed E-state index contributed by atoms with van der Waals surface area (Å²) < 4.78 is 2.17. The van der Waals surface area contributed by atoms with E-state index in [1.165, 1.54) is 4.90 Å². The van der Waals surface area contributed by atoms with Crippen molar-refractivity contribution in [2.24, 2.45) is 7.05 Å². The Morgan fingerprint density at radius 1 is 1.60 bits per heavy atom. The number of thioether (sulfide) groups is 1. The van der Waals surface area contributed by atoms with E-state index in [2.05, 4.69) is 0 Å². The van der Waals surface area contributed by atoms with Crippen molar-refractivity contribution >= 4 is 46.3 Å². The predicted molar refractivity (Wildman–Crippen MR) is 82.1 cm³/mol. The molecule has 20 heavy (non-hydrogen) atoms. The Kier molecular flexibility index (Phi) is 4.29. The van der Waals surface area contributed by atoms with E-state index in [0.717, 1.165) is 17.5 Å². The van der Waals surface area contributed by atoms with Crippen molar-refractivity contribution < 1.29 is 14.7 Å². The van der Waals surface area contributed by atoms with Crippen LogP contribution in [0.1, 0.15) is 19.0 Å². The Morgan fingerprint density at radius 2 is 2.30 bits per heavy atom. The van der Waals surface area contributed by atoms with Crippen LogP contribution in [0.2, 0.25) is 0 Å². The number of hydrogen-bond acceptors (Lipinski definition) is 4. The molecule has 1 N–H and O–H groups in total. The first kappa shape index (κ1) is 14.8. The minimum atomic E-state index is -1.04. The van der Waals surface area contributed by atoms with E-state index in [0.29, 0.717) is 15.6 Å². The summed E-state index contributed by atoms with van der Waals surface area (Å²) >= 11 is 6.28. The molecular formula is C13H14N2O3S2. The molecule has 7 heteroatoms. The van der Waals surface area contributed by atoms with Crippen molar-refractivity contribution in [3.05, 3.63) is 28.9 Å². The van der Waals surface area contributed by atoms with Gasteiger partial charge in [0.25, 0.3) is 5.91 Å². The van der Waals surface area contributed by atoms with Gasteiger partial charge in [0.05, 0.1) is 4.91 Å². The van der Waals surface area contributed by atoms with Crippen LogP contribution in [0.5, 0.6) is 0 Å². The highest BCUT2D eigenvalue weighted by molar-refractivity contribution is 8.26.